The van der Waals surface area contributed by atoms with Crippen LogP contribution in [0.5, 0.6) is 0 Å². The number of hydrogen-bond acceptors (Lipinski definition) is 1. The van der Waals surface area contributed by atoms with Gasteiger partial charge in [-0.3, -0.25) is 4.79 Å². The summed E-state index contributed by atoms with van der Waals surface area (Å²) in [5.74, 6) is -3.19. The topological polar surface area (TPSA) is 20.3 Å². The molecule has 1 heterocycles. The molecule has 0 spiro atoms. The maximum atomic E-state index is 13.5. The Morgan fingerprint density at radius 1 is 1.56 bits per heavy atom. The van der Waals surface area contributed by atoms with Gasteiger partial charge in [0.1, 0.15) is 0 Å². The van der Waals surface area contributed by atoms with Crippen LogP contribution in [0.15, 0.2) is 11.6 Å². The van der Waals surface area contributed by atoms with Gasteiger partial charge in [-0.1, -0.05) is 13.0 Å². The van der Waals surface area contributed by atoms with Crippen molar-refractivity contribution in [1.29, 1.82) is 0 Å². The molecule has 16 heavy (non-hydrogen) atoms. The average molecular weight is 227 g/mol. The SMILES string of the molecule is CC12CCN(C(=O)C3=CCC3)CC1C2(F)F. The number of amides is 1. The van der Waals surface area contributed by atoms with Crippen LogP contribution < -0.4 is 0 Å². The molecule has 2 fully saturated rings. The summed E-state index contributed by atoms with van der Waals surface area (Å²) in [6, 6.07) is 0. The number of allylic oxidation sites excluding steroid dienone is 1. The molecule has 2 unspecified atom stereocenters. The first kappa shape index (κ1) is 10.2. The minimum atomic E-state index is -2.56. The Morgan fingerprint density at radius 3 is 2.75 bits per heavy atom. The summed E-state index contributed by atoms with van der Waals surface area (Å²) in [5.41, 5.74) is -0.0230. The lowest BCUT2D eigenvalue weighted by Crippen LogP contribution is -2.40. The third-order valence-corrected chi connectivity index (χ3v) is 4.56. The summed E-state index contributed by atoms with van der Waals surface area (Å²) in [7, 11) is 0. The van der Waals surface area contributed by atoms with Crippen LogP contribution >= 0.6 is 0 Å². The van der Waals surface area contributed by atoms with Gasteiger partial charge in [0.05, 0.1) is 5.92 Å². The van der Waals surface area contributed by atoms with E-state index in [1.165, 1.54) is 0 Å². The van der Waals surface area contributed by atoms with E-state index < -0.39 is 17.3 Å². The molecule has 1 aliphatic heterocycles. The molecular weight excluding hydrogens is 212 g/mol. The van der Waals surface area contributed by atoms with Crippen LogP contribution in [0.4, 0.5) is 8.78 Å². The highest BCUT2D eigenvalue weighted by molar-refractivity contribution is 5.94. The number of nitrogens with zero attached hydrogens (tertiary/aromatic N) is 1. The first-order valence-electron chi connectivity index (χ1n) is 5.83. The van der Waals surface area contributed by atoms with Crippen molar-refractivity contribution in [1.82, 2.24) is 4.90 Å². The van der Waals surface area contributed by atoms with Crippen molar-refractivity contribution < 1.29 is 13.6 Å². The van der Waals surface area contributed by atoms with Crippen LogP contribution in [-0.4, -0.2) is 29.8 Å². The van der Waals surface area contributed by atoms with Crippen LogP contribution in [-0.2, 0) is 4.79 Å². The quantitative estimate of drug-likeness (QED) is 0.672. The molecule has 0 radical (unpaired) electrons. The molecule has 1 saturated carbocycles. The van der Waals surface area contributed by atoms with E-state index in [1.54, 1.807) is 11.8 Å². The molecule has 3 rings (SSSR count). The highest BCUT2D eigenvalue weighted by Gasteiger charge is 2.78. The number of piperidine rings is 1. The third kappa shape index (κ3) is 1.08. The molecule has 0 aromatic rings. The summed E-state index contributed by atoms with van der Waals surface area (Å²) in [5, 5.41) is 0. The fourth-order valence-electron chi connectivity index (χ4n) is 2.88. The Hall–Kier alpha value is -0.930. The second kappa shape index (κ2) is 2.84. The van der Waals surface area contributed by atoms with Crippen molar-refractivity contribution in [3.63, 3.8) is 0 Å². The standard InChI is InChI=1S/C12H15F2NO/c1-11-5-6-15(7-9(11)12(11,13)14)10(16)8-3-2-4-8/h3,9H,2,4-7H2,1H3. The molecule has 1 saturated heterocycles. The molecule has 0 aromatic carbocycles. The van der Waals surface area contributed by atoms with Crippen LogP contribution in [0.3, 0.4) is 0 Å². The fraction of sp³-hybridized carbons (Fsp3) is 0.750. The number of hydrogen-bond donors (Lipinski definition) is 0. The zero-order chi connectivity index (χ0) is 11.6. The molecule has 2 atom stereocenters. The molecule has 0 N–H and O–H groups in total. The lowest BCUT2D eigenvalue weighted by molar-refractivity contribution is -0.129. The fourth-order valence-corrected chi connectivity index (χ4v) is 2.88. The Bertz CT molecular complexity index is 390. The number of likely N-dealkylation sites (tertiary alicyclic amines) is 1. The number of rotatable bonds is 1. The van der Waals surface area contributed by atoms with Gasteiger partial charge in [-0.25, -0.2) is 8.78 Å². The van der Waals surface area contributed by atoms with Crippen LogP contribution in [0, 0.1) is 11.3 Å². The van der Waals surface area contributed by atoms with Crippen molar-refractivity contribution in [2.75, 3.05) is 13.1 Å². The first-order valence-corrected chi connectivity index (χ1v) is 5.83. The van der Waals surface area contributed by atoms with E-state index >= 15 is 0 Å². The van der Waals surface area contributed by atoms with E-state index in [4.69, 9.17) is 0 Å². The number of carbonyl (C=O) groups is 1. The largest absolute Gasteiger partial charge is 0.338 e. The summed E-state index contributed by atoms with van der Waals surface area (Å²) in [6.45, 7) is 2.36. The van der Waals surface area contributed by atoms with Crippen molar-refractivity contribution in [3.05, 3.63) is 11.6 Å². The molecule has 2 aliphatic carbocycles. The number of alkyl halides is 2. The maximum absolute atomic E-state index is 13.5. The Balaban J connectivity index is 1.72. The first-order chi connectivity index (χ1) is 7.47. The van der Waals surface area contributed by atoms with Crippen molar-refractivity contribution in [3.8, 4) is 0 Å². The van der Waals surface area contributed by atoms with Gasteiger partial charge in [0.2, 0.25) is 5.91 Å². The van der Waals surface area contributed by atoms with Gasteiger partial charge >= 0.3 is 0 Å². The monoisotopic (exact) mass is 227 g/mol. The Morgan fingerprint density at radius 2 is 2.25 bits per heavy atom. The average Bonchev–Trinajstić information content (AvgIpc) is 2.58. The number of fused-ring (bicyclic) bond motifs is 1. The lowest BCUT2D eigenvalue weighted by Gasteiger charge is -2.30. The molecule has 3 aliphatic rings. The second-order valence-electron chi connectivity index (χ2n) is 5.36. The molecular formula is C12H15F2NO. The molecule has 88 valence electrons. The minimum Gasteiger partial charge on any atom is -0.338 e. The summed E-state index contributed by atoms with van der Waals surface area (Å²) >= 11 is 0. The number of carbonyl (C=O) groups excluding carboxylic acids is 1. The van der Waals surface area contributed by atoms with E-state index in [2.05, 4.69) is 0 Å². The van der Waals surface area contributed by atoms with Gasteiger partial charge in [0, 0.05) is 24.1 Å². The smallest absolute Gasteiger partial charge is 0.259 e. The third-order valence-electron chi connectivity index (χ3n) is 4.56. The summed E-state index contributed by atoms with van der Waals surface area (Å²) < 4.78 is 26.9. The normalized spacial score (nSPS) is 39.6. The molecule has 2 nitrogen and oxygen atoms in total. The van der Waals surface area contributed by atoms with Gasteiger partial charge < -0.3 is 4.90 Å². The number of halogens is 2. The molecule has 0 aromatic heterocycles. The molecule has 0 bridgehead atoms. The maximum Gasteiger partial charge on any atom is 0.259 e. The van der Waals surface area contributed by atoms with E-state index in [0.717, 1.165) is 18.4 Å². The van der Waals surface area contributed by atoms with Crippen molar-refractivity contribution in [2.24, 2.45) is 11.3 Å². The van der Waals surface area contributed by atoms with Gasteiger partial charge in [0.15, 0.2) is 0 Å². The van der Waals surface area contributed by atoms with Crippen LogP contribution in [0.25, 0.3) is 0 Å². The molecule has 1 amide bonds. The Labute approximate surface area is 93.3 Å². The van der Waals surface area contributed by atoms with E-state index in [9.17, 15) is 13.6 Å². The summed E-state index contributed by atoms with van der Waals surface area (Å²) in [6.07, 6.45) is 4.10. The minimum absolute atomic E-state index is 0.0176. The predicted molar refractivity (Wildman–Crippen MR) is 55.1 cm³/mol. The van der Waals surface area contributed by atoms with Crippen LogP contribution in [0.1, 0.15) is 26.2 Å². The highest BCUT2D eigenvalue weighted by atomic mass is 19.3. The van der Waals surface area contributed by atoms with Gasteiger partial charge in [-0.2, -0.15) is 0 Å². The second-order valence-corrected chi connectivity index (χ2v) is 5.36. The zero-order valence-electron chi connectivity index (χ0n) is 9.30. The van der Waals surface area contributed by atoms with Gasteiger partial charge in [-0.15, -0.1) is 0 Å². The van der Waals surface area contributed by atoms with E-state index in [0.29, 0.717) is 13.0 Å². The predicted octanol–water partition coefficient (Wildman–Crippen LogP) is 2.21. The Kier molecular flexibility index (Phi) is 1.82. The zero-order valence-corrected chi connectivity index (χ0v) is 9.30. The van der Waals surface area contributed by atoms with Gasteiger partial charge in [-0.05, 0) is 19.3 Å². The lowest BCUT2D eigenvalue weighted by atomic mass is 9.94. The van der Waals surface area contributed by atoms with Crippen LogP contribution in [0.2, 0.25) is 0 Å². The van der Waals surface area contributed by atoms with Gasteiger partial charge in [0.25, 0.3) is 5.92 Å². The highest BCUT2D eigenvalue weighted by Crippen LogP contribution is 2.69. The van der Waals surface area contributed by atoms with E-state index in [-0.39, 0.29) is 12.5 Å². The summed E-state index contributed by atoms with van der Waals surface area (Å²) in [4.78, 5) is 13.5. The molecule has 4 heteroatoms. The van der Waals surface area contributed by atoms with Crippen molar-refractivity contribution >= 4 is 5.91 Å². The van der Waals surface area contributed by atoms with E-state index in [1.807, 2.05) is 6.08 Å². The van der Waals surface area contributed by atoms with Crippen molar-refractivity contribution in [2.45, 2.75) is 32.1 Å².